The van der Waals surface area contributed by atoms with Gasteiger partial charge in [0.2, 0.25) is 11.8 Å². The highest BCUT2D eigenvalue weighted by Gasteiger charge is 2.38. The maximum absolute atomic E-state index is 14.3. The molecule has 0 radical (unpaired) electrons. The molecule has 0 fully saturated rings. The van der Waals surface area contributed by atoms with Crippen molar-refractivity contribution in [2.24, 2.45) is 5.92 Å². The van der Waals surface area contributed by atoms with Gasteiger partial charge in [-0.1, -0.05) is 41.9 Å². The summed E-state index contributed by atoms with van der Waals surface area (Å²) in [7, 11) is -2.20. The van der Waals surface area contributed by atoms with E-state index < -0.39 is 39.4 Å². The molecule has 0 saturated carbocycles. The monoisotopic (exact) mass is 654 g/mol. The molecule has 0 aliphatic carbocycles. The number of fused-ring (bicyclic) bond motifs is 2. The molecule has 3 aromatic rings. The predicted molar refractivity (Wildman–Crippen MR) is 164 cm³/mol. The lowest BCUT2D eigenvalue weighted by Crippen LogP contribution is -2.54. The predicted octanol–water partition coefficient (Wildman–Crippen LogP) is 3.94. The summed E-state index contributed by atoms with van der Waals surface area (Å²) < 4.78 is 30.7. The highest BCUT2D eigenvalue weighted by atomic mass is 79.9. The fraction of sp³-hybridized carbons (Fsp3) is 0.333. The van der Waals surface area contributed by atoms with Gasteiger partial charge in [-0.25, -0.2) is 8.42 Å². The lowest BCUT2D eigenvalue weighted by atomic mass is 10.0. The van der Waals surface area contributed by atoms with Crippen LogP contribution in [0.15, 0.2) is 53.0 Å². The summed E-state index contributed by atoms with van der Waals surface area (Å²) in [5.41, 5.74) is 1.38. The summed E-state index contributed by atoms with van der Waals surface area (Å²) in [6.07, 6.45) is 1.48. The minimum absolute atomic E-state index is 0.0263. The Bertz CT molecular complexity index is 1720. The minimum atomic E-state index is -3.72. The molecule has 0 spiro atoms. The van der Waals surface area contributed by atoms with Crippen LogP contribution in [0.5, 0.6) is 5.75 Å². The van der Waals surface area contributed by atoms with Gasteiger partial charge in [-0.15, -0.1) is 0 Å². The molecule has 0 unspecified atom stereocenters. The van der Waals surface area contributed by atoms with Crippen molar-refractivity contribution in [1.29, 1.82) is 5.26 Å². The average molecular weight is 656 g/mol. The van der Waals surface area contributed by atoms with Crippen LogP contribution in [0.4, 0.5) is 11.4 Å². The minimum Gasteiger partial charge on any atom is -0.496 e. The van der Waals surface area contributed by atoms with E-state index in [1.54, 1.807) is 13.0 Å². The van der Waals surface area contributed by atoms with E-state index in [9.17, 15) is 28.1 Å². The Morgan fingerprint density at radius 1 is 1.17 bits per heavy atom. The molecule has 2 atom stereocenters. The molecule has 0 saturated heterocycles. The van der Waals surface area contributed by atoms with Gasteiger partial charge in [-0.3, -0.25) is 14.4 Å². The molecule has 10 nitrogen and oxygen atoms in total. The van der Waals surface area contributed by atoms with Gasteiger partial charge in [0.05, 0.1) is 43.2 Å². The average Bonchev–Trinajstić information content (AvgIpc) is 3.06. The number of carbonyl (C=O) groups excluding carboxylic acids is 3. The first-order valence-corrected chi connectivity index (χ1v) is 16.1. The number of rotatable bonds is 8. The van der Waals surface area contributed by atoms with E-state index >= 15 is 0 Å². The number of amides is 3. The lowest BCUT2D eigenvalue weighted by molar-refractivity contribution is -0.129. The summed E-state index contributed by atoms with van der Waals surface area (Å²) in [6.45, 7) is 3.26. The third kappa shape index (κ3) is 6.42. The van der Waals surface area contributed by atoms with Crippen molar-refractivity contribution in [2.45, 2.75) is 32.9 Å². The molecule has 1 aliphatic heterocycles. The van der Waals surface area contributed by atoms with Crippen molar-refractivity contribution in [3.63, 3.8) is 0 Å². The second-order valence-electron chi connectivity index (χ2n) is 10.3. The van der Waals surface area contributed by atoms with Gasteiger partial charge >= 0.3 is 0 Å². The molecule has 220 valence electrons. The largest absolute Gasteiger partial charge is 0.496 e. The molecule has 3 amide bonds. The number of hydrogen-bond acceptors (Lipinski definition) is 7. The SMILES string of the molecule is CC[C@@H](C)C(=O)N[C@H]1CN(C(=O)CS(C)(=O)=O)c2ccc(C#N)cc2N(Cc2c(OC)ccc3c(Br)cccc23)C1=O. The van der Waals surface area contributed by atoms with Crippen LogP contribution in [0.2, 0.25) is 0 Å². The Morgan fingerprint density at radius 2 is 1.90 bits per heavy atom. The number of ether oxygens (including phenoxy) is 1. The maximum Gasteiger partial charge on any atom is 0.251 e. The second-order valence-corrected chi connectivity index (χ2v) is 13.3. The smallest absolute Gasteiger partial charge is 0.251 e. The summed E-state index contributed by atoms with van der Waals surface area (Å²) >= 11 is 3.58. The first kappa shape index (κ1) is 31.0. The molecule has 1 aliphatic rings. The van der Waals surface area contributed by atoms with Crippen LogP contribution in [0.25, 0.3) is 10.8 Å². The van der Waals surface area contributed by atoms with Crippen molar-refractivity contribution >= 4 is 65.6 Å². The van der Waals surface area contributed by atoms with Crippen LogP contribution in [0, 0.1) is 17.2 Å². The van der Waals surface area contributed by atoms with Crippen LogP contribution >= 0.6 is 15.9 Å². The summed E-state index contributed by atoms with van der Waals surface area (Å²) in [4.78, 5) is 43.4. The number of carbonyl (C=O) groups is 3. The molecule has 1 N–H and O–H groups in total. The van der Waals surface area contributed by atoms with Gasteiger partial charge in [-0.05, 0) is 53.6 Å². The lowest BCUT2D eigenvalue weighted by Gasteiger charge is -2.27. The van der Waals surface area contributed by atoms with Gasteiger partial charge in [0.15, 0.2) is 9.84 Å². The molecule has 3 aromatic carbocycles. The van der Waals surface area contributed by atoms with E-state index in [4.69, 9.17) is 4.74 Å². The molecular weight excluding hydrogens is 624 g/mol. The number of nitrogens with one attached hydrogen (secondary N) is 1. The number of sulfone groups is 1. The van der Waals surface area contributed by atoms with Crippen molar-refractivity contribution in [3.05, 3.63) is 64.1 Å². The number of nitriles is 1. The number of hydrogen-bond donors (Lipinski definition) is 1. The summed E-state index contributed by atoms with van der Waals surface area (Å²) in [6, 6.07) is 14.7. The van der Waals surface area contributed by atoms with Gasteiger partial charge in [0.1, 0.15) is 17.5 Å². The third-order valence-corrected chi connectivity index (χ3v) is 8.75. The fourth-order valence-electron chi connectivity index (χ4n) is 4.89. The van der Waals surface area contributed by atoms with E-state index in [0.29, 0.717) is 17.7 Å². The summed E-state index contributed by atoms with van der Waals surface area (Å²) in [5, 5.41) is 14.2. The third-order valence-electron chi connectivity index (χ3n) is 7.29. The Labute approximate surface area is 253 Å². The van der Waals surface area contributed by atoms with Crippen LogP contribution in [0.1, 0.15) is 31.4 Å². The number of methoxy groups -OCH3 is 1. The Kier molecular flexibility index (Phi) is 9.23. The fourth-order valence-corrected chi connectivity index (χ4v) is 5.99. The van der Waals surface area contributed by atoms with Gasteiger partial charge < -0.3 is 19.9 Å². The Hall–Kier alpha value is -3.95. The van der Waals surface area contributed by atoms with Gasteiger partial charge in [-0.2, -0.15) is 5.26 Å². The standard InChI is InChI=1S/C30H31BrN4O6S/c1-5-18(2)29(37)33-24-16-34(28(36)17-42(4,39)40)25-11-9-19(14-32)13-26(25)35(30(24)38)15-22-20-7-6-8-23(31)21(20)10-12-27(22)41-3/h6-13,18,24H,5,15-17H2,1-4H3,(H,33,37)/t18-,24+/m1/s1. The number of nitrogens with zero attached hydrogens (tertiary/aromatic N) is 3. The van der Waals surface area contributed by atoms with E-state index in [-0.39, 0.29) is 35.9 Å². The van der Waals surface area contributed by atoms with E-state index in [1.165, 1.54) is 35.1 Å². The molecule has 0 bridgehead atoms. The molecule has 42 heavy (non-hydrogen) atoms. The number of anilines is 2. The first-order valence-electron chi connectivity index (χ1n) is 13.3. The molecule has 12 heteroatoms. The maximum atomic E-state index is 14.3. The molecule has 4 rings (SSSR count). The Morgan fingerprint density at radius 3 is 2.55 bits per heavy atom. The first-order chi connectivity index (χ1) is 19.9. The van der Waals surface area contributed by atoms with Crippen LogP contribution in [-0.4, -0.2) is 57.8 Å². The van der Waals surface area contributed by atoms with Crippen LogP contribution < -0.4 is 19.9 Å². The number of halogens is 1. The zero-order chi connectivity index (χ0) is 30.8. The van der Waals surface area contributed by atoms with E-state index in [0.717, 1.165) is 21.5 Å². The van der Waals surface area contributed by atoms with Crippen LogP contribution in [0.3, 0.4) is 0 Å². The van der Waals surface area contributed by atoms with E-state index in [1.807, 2.05) is 31.2 Å². The van der Waals surface area contributed by atoms with Crippen molar-refractivity contribution < 1.29 is 27.5 Å². The zero-order valence-electron chi connectivity index (χ0n) is 23.7. The van der Waals surface area contributed by atoms with Gasteiger partial charge in [0.25, 0.3) is 5.91 Å². The van der Waals surface area contributed by atoms with Crippen molar-refractivity contribution in [3.8, 4) is 11.8 Å². The van der Waals surface area contributed by atoms with Crippen molar-refractivity contribution in [1.82, 2.24) is 5.32 Å². The molecular formula is C30H31BrN4O6S. The highest BCUT2D eigenvalue weighted by molar-refractivity contribution is 9.10. The highest BCUT2D eigenvalue weighted by Crippen LogP contribution is 2.39. The molecule has 0 aromatic heterocycles. The quantitative estimate of drug-likeness (QED) is 0.388. The van der Waals surface area contributed by atoms with Crippen molar-refractivity contribution in [2.75, 3.05) is 35.5 Å². The Balaban J connectivity index is 1.95. The second kappa shape index (κ2) is 12.5. The normalized spacial score (nSPS) is 15.9. The topological polar surface area (TPSA) is 137 Å². The summed E-state index contributed by atoms with van der Waals surface area (Å²) in [5.74, 6) is -2.34. The van der Waals surface area contributed by atoms with Gasteiger partial charge in [0, 0.05) is 22.2 Å². The zero-order valence-corrected chi connectivity index (χ0v) is 26.1. The van der Waals surface area contributed by atoms with E-state index in [2.05, 4.69) is 27.3 Å². The molecule has 1 heterocycles. The van der Waals surface area contributed by atoms with Crippen LogP contribution in [-0.2, 0) is 30.8 Å². The number of benzene rings is 3.